The van der Waals surface area contributed by atoms with E-state index in [0.29, 0.717) is 18.8 Å². The van der Waals surface area contributed by atoms with Crippen molar-refractivity contribution < 1.29 is 9.84 Å². The van der Waals surface area contributed by atoms with Gasteiger partial charge in [-0.05, 0) is 25.2 Å². The van der Waals surface area contributed by atoms with E-state index in [2.05, 4.69) is 4.98 Å². The number of benzene rings is 1. The van der Waals surface area contributed by atoms with Gasteiger partial charge in [-0.2, -0.15) is 0 Å². The quantitative estimate of drug-likeness (QED) is 0.876. The number of likely N-dealkylation sites (N-methyl/N-ethyl adjacent to an activating group) is 1. The number of hydrogen-bond acceptors (Lipinski definition) is 4. The molecule has 1 atom stereocenters. The molecule has 0 amide bonds. The Labute approximate surface area is 119 Å². The first-order valence-corrected chi connectivity index (χ1v) is 6.60. The number of aromatic nitrogens is 1. The minimum absolute atomic E-state index is 0.525. The molecule has 20 heavy (non-hydrogen) atoms. The average molecular weight is 272 g/mol. The first kappa shape index (κ1) is 14.5. The fourth-order valence-corrected chi connectivity index (χ4v) is 2.17. The number of hydrogen-bond donors (Lipinski definition) is 1. The number of nitrogens with zero attached hydrogens (tertiary/aromatic N) is 2. The van der Waals surface area contributed by atoms with E-state index in [1.54, 1.807) is 13.3 Å². The van der Waals surface area contributed by atoms with Gasteiger partial charge in [-0.1, -0.05) is 24.3 Å². The normalized spacial score (nSPS) is 12.4. The summed E-state index contributed by atoms with van der Waals surface area (Å²) in [5, 5.41) is 10.3. The first-order chi connectivity index (χ1) is 9.70. The van der Waals surface area contributed by atoms with Crippen molar-refractivity contribution >= 4 is 0 Å². The summed E-state index contributed by atoms with van der Waals surface area (Å²) in [6.45, 7) is 1.23. The lowest BCUT2D eigenvalue weighted by Crippen LogP contribution is -2.24. The van der Waals surface area contributed by atoms with E-state index in [-0.39, 0.29) is 0 Å². The summed E-state index contributed by atoms with van der Waals surface area (Å²) in [6.07, 6.45) is 1.19. The topological polar surface area (TPSA) is 45.6 Å². The Hall–Kier alpha value is -1.91. The molecule has 2 rings (SSSR count). The lowest BCUT2D eigenvalue weighted by molar-refractivity contribution is 0.120. The largest absolute Gasteiger partial charge is 0.496 e. The number of aliphatic hydroxyl groups is 1. The lowest BCUT2D eigenvalue weighted by atomic mass is 10.1. The molecule has 1 aromatic heterocycles. The lowest BCUT2D eigenvalue weighted by Gasteiger charge is -2.21. The van der Waals surface area contributed by atoms with E-state index in [9.17, 15) is 5.11 Å². The molecule has 4 heteroatoms. The molecule has 4 nitrogen and oxygen atoms in total. The fraction of sp³-hybridized carbons (Fsp3) is 0.312. The zero-order chi connectivity index (χ0) is 14.4. The zero-order valence-electron chi connectivity index (χ0n) is 11.9. The van der Waals surface area contributed by atoms with Crippen LogP contribution >= 0.6 is 0 Å². The van der Waals surface area contributed by atoms with Crippen LogP contribution in [0.15, 0.2) is 48.7 Å². The maximum absolute atomic E-state index is 10.3. The van der Waals surface area contributed by atoms with Crippen LogP contribution in [0.25, 0.3) is 0 Å². The van der Waals surface area contributed by atoms with Crippen LogP contribution in [0.3, 0.4) is 0 Å². The standard InChI is InChI=1S/C16H20N2O2/c1-18(11-13-7-5-6-10-17-13)12-15(19)14-8-3-4-9-16(14)20-2/h3-10,15,19H,11-12H2,1-2H3. The molecule has 1 unspecified atom stereocenters. The molecule has 0 fully saturated rings. The van der Waals surface area contributed by atoms with Gasteiger partial charge in [0.2, 0.25) is 0 Å². The van der Waals surface area contributed by atoms with Crippen LogP contribution in [0.1, 0.15) is 17.4 Å². The molecule has 1 aromatic carbocycles. The van der Waals surface area contributed by atoms with Crippen LogP contribution in [0.2, 0.25) is 0 Å². The van der Waals surface area contributed by atoms with Crippen molar-refractivity contribution in [3.05, 3.63) is 59.9 Å². The maximum Gasteiger partial charge on any atom is 0.124 e. The molecule has 0 bridgehead atoms. The minimum atomic E-state index is -0.583. The van der Waals surface area contributed by atoms with Crippen molar-refractivity contribution in [2.24, 2.45) is 0 Å². The van der Waals surface area contributed by atoms with Crippen LogP contribution in [-0.2, 0) is 6.54 Å². The van der Waals surface area contributed by atoms with Crippen molar-refractivity contribution in [1.29, 1.82) is 0 Å². The van der Waals surface area contributed by atoms with Crippen molar-refractivity contribution in [3.8, 4) is 5.75 Å². The Bertz CT molecular complexity index is 531. The van der Waals surface area contributed by atoms with E-state index < -0.39 is 6.10 Å². The van der Waals surface area contributed by atoms with Gasteiger partial charge >= 0.3 is 0 Å². The molecule has 1 N–H and O–H groups in total. The zero-order valence-corrected chi connectivity index (χ0v) is 11.9. The highest BCUT2D eigenvalue weighted by atomic mass is 16.5. The van der Waals surface area contributed by atoms with Gasteiger partial charge in [0.1, 0.15) is 5.75 Å². The van der Waals surface area contributed by atoms with Gasteiger partial charge in [-0.3, -0.25) is 9.88 Å². The second-order valence-corrected chi connectivity index (χ2v) is 4.78. The van der Waals surface area contributed by atoms with Crippen LogP contribution < -0.4 is 4.74 Å². The van der Waals surface area contributed by atoms with E-state index in [1.165, 1.54) is 0 Å². The van der Waals surface area contributed by atoms with Gasteiger partial charge in [-0.25, -0.2) is 0 Å². The molecule has 1 heterocycles. The van der Waals surface area contributed by atoms with Crippen molar-refractivity contribution in [1.82, 2.24) is 9.88 Å². The molecule has 0 saturated carbocycles. The van der Waals surface area contributed by atoms with Gasteiger partial charge in [0, 0.05) is 24.8 Å². The highest BCUT2D eigenvalue weighted by Crippen LogP contribution is 2.25. The first-order valence-electron chi connectivity index (χ1n) is 6.60. The average Bonchev–Trinajstić information content (AvgIpc) is 2.48. The number of ether oxygens (including phenoxy) is 1. The molecular formula is C16H20N2O2. The van der Waals surface area contributed by atoms with E-state index in [0.717, 1.165) is 11.3 Å². The molecule has 0 aliphatic rings. The number of methoxy groups -OCH3 is 1. The number of aliphatic hydroxyl groups excluding tert-OH is 1. The highest BCUT2D eigenvalue weighted by molar-refractivity contribution is 5.35. The number of para-hydroxylation sites is 1. The third kappa shape index (κ3) is 3.79. The van der Waals surface area contributed by atoms with E-state index in [4.69, 9.17) is 4.74 Å². The Morgan fingerprint density at radius 3 is 2.65 bits per heavy atom. The predicted molar refractivity (Wildman–Crippen MR) is 78.5 cm³/mol. The molecule has 0 aliphatic carbocycles. The fourth-order valence-electron chi connectivity index (χ4n) is 2.17. The van der Waals surface area contributed by atoms with Crippen LogP contribution in [0.4, 0.5) is 0 Å². The Kier molecular flexibility index (Phi) is 5.09. The number of pyridine rings is 1. The van der Waals surface area contributed by atoms with Crippen LogP contribution in [0, 0.1) is 0 Å². The second kappa shape index (κ2) is 7.03. The van der Waals surface area contributed by atoms with Gasteiger partial charge < -0.3 is 9.84 Å². The third-order valence-corrected chi connectivity index (χ3v) is 3.14. The number of rotatable bonds is 6. The van der Waals surface area contributed by atoms with Crippen molar-refractivity contribution in [3.63, 3.8) is 0 Å². The minimum Gasteiger partial charge on any atom is -0.496 e. The molecular weight excluding hydrogens is 252 g/mol. The van der Waals surface area contributed by atoms with Crippen LogP contribution in [-0.4, -0.2) is 35.7 Å². The van der Waals surface area contributed by atoms with Gasteiger partial charge in [-0.15, -0.1) is 0 Å². The molecule has 0 aliphatic heterocycles. The summed E-state index contributed by atoms with van der Waals surface area (Å²) in [5.41, 5.74) is 1.80. The monoisotopic (exact) mass is 272 g/mol. The smallest absolute Gasteiger partial charge is 0.124 e. The Morgan fingerprint density at radius 1 is 1.20 bits per heavy atom. The summed E-state index contributed by atoms with van der Waals surface area (Å²) in [5.74, 6) is 0.714. The molecule has 2 aromatic rings. The SMILES string of the molecule is COc1ccccc1C(O)CN(C)Cc1ccccn1. The summed E-state index contributed by atoms with van der Waals surface area (Å²) in [6, 6.07) is 13.4. The van der Waals surface area contributed by atoms with E-state index >= 15 is 0 Å². The van der Waals surface area contributed by atoms with Gasteiger partial charge in [0.15, 0.2) is 0 Å². The summed E-state index contributed by atoms with van der Waals surface area (Å²) in [4.78, 5) is 6.33. The van der Waals surface area contributed by atoms with Crippen molar-refractivity contribution in [2.75, 3.05) is 20.7 Å². The summed E-state index contributed by atoms with van der Waals surface area (Å²) in [7, 11) is 3.58. The maximum atomic E-state index is 10.3. The predicted octanol–water partition coefficient (Wildman–Crippen LogP) is 2.26. The molecule has 106 valence electrons. The van der Waals surface area contributed by atoms with Crippen LogP contribution in [0.5, 0.6) is 5.75 Å². The second-order valence-electron chi connectivity index (χ2n) is 4.78. The molecule has 0 saturated heterocycles. The summed E-state index contributed by atoms with van der Waals surface area (Å²) >= 11 is 0. The highest BCUT2D eigenvalue weighted by Gasteiger charge is 2.15. The van der Waals surface area contributed by atoms with E-state index in [1.807, 2.05) is 54.4 Å². The third-order valence-electron chi connectivity index (χ3n) is 3.14. The molecule has 0 radical (unpaired) electrons. The molecule has 0 spiro atoms. The summed E-state index contributed by atoms with van der Waals surface area (Å²) < 4.78 is 5.28. The Balaban J connectivity index is 1.98. The van der Waals surface area contributed by atoms with Gasteiger partial charge in [0.25, 0.3) is 0 Å². The Morgan fingerprint density at radius 2 is 1.95 bits per heavy atom. The van der Waals surface area contributed by atoms with Gasteiger partial charge in [0.05, 0.1) is 18.9 Å². The van der Waals surface area contributed by atoms with Crippen molar-refractivity contribution in [2.45, 2.75) is 12.6 Å².